The van der Waals surface area contributed by atoms with Crippen LogP contribution in [0.4, 0.5) is 0 Å². The fraction of sp³-hybridized carbons (Fsp3) is 0.880. The molecule has 30 heavy (non-hydrogen) atoms. The number of ketones is 1. The number of nitrogens with two attached hydrogens (primary N) is 1. The monoisotopic (exact) mass is 424 g/mol. The summed E-state index contributed by atoms with van der Waals surface area (Å²) < 4.78 is 0. The molecule has 176 valence electrons. The average Bonchev–Trinajstić information content (AvgIpc) is 2.69. The molecular formula is C25H48N2O3. The molecule has 0 aliphatic heterocycles. The van der Waals surface area contributed by atoms with E-state index in [9.17, 15) is 14.4 Å². The standard InChI is InChI=1S/C25H48N2O3/c1-3-5-7-9-11-13-15-17-19-27(25(30)22-23(28)21-24(26)29)20-18-16-14-12-10-8-6-4-2/h3-22H2,1-2H3,(H2,26,29). The van der Waals surface area contributed by atoms with Crippen LogP contribution in [0.1, 0.15) is 129 Å². The Morgan fingerprint density at radius 3 is 1.30 bits per heavy atom. The minimum Gasteiger partial charge on any atom is -0.369 e. The topological polar surface area (TPSA) is 80.5 Å². The molecule has 2 N–H and O–H groups in total. The third kappa shape index (κ3) is 18.6. The quantitative estimate of drug-likeness (QED) is 0.173. The molecule has 0 spiro atoms. The molecule has 5 heteroatoms. The van der Waals surface area contributed by atoms with Crippen LogP contribution >= 0.6 is 0 Å². The van der Waals surface area contributed by atoms with E-state index in [4.69, 9.17) is 5.73 Å². The van der Waals surface area contributed by atoms with Gasteiger partial charge in [-0.3, -0.25) is 14.4 Å². The summed E-state index contributed by atoms with van der Waals surface area (Å²) in [5, 5.41) is 0. The lowest BCUT2D eigenvalue weighted by molar-refractivity contribution is -0.136. The van der Waals surface area contributed by atoms with E-state index in [2.05, 4.69) is 13.8 Å². The van der Waals surface area contributed by atoms with E-state index >= 15 is 0 Å². The molecule has 0 aromatic carbocycles. The average molecular weight is 425 g/mol. The van der Waals surface area contributed by atoms with Gasteiger partial charge in [-0.1, -0.05) is 104 Å². The van der Waals surface area contributed by atoms with Crippen molar-refractivity contribution in [2.24, 2.45) is 5.73 Å². The fourth-order valence-electron chi connectivity index (χ4n) is 3.77. The minimum absolute atomic E-state index is 0.146. The fourth-order valence-corrected chi connectivity index (χ4v) is 3.77. The van der Waals surface area contributed by atoms with Gasteiger partial charge in [0, 0.05) is 13.1 Å². The highest BCUT2D eigenvalue weighted by atomic mass is 16.2. The Morgan fingerprint density at radius 2 is 0.933 bits per heavy atom. The second-order valence-corrected chi connectivity index (χ2v) is 8.69. The Labute approximate surface area is 185 Å². The van der Waals surface area contributed by atoms with Crippen LogP contribution in [-0.4, -0.2) is 35.6 Å². The van der Waals surface area contributed by atoms with Crippen molar-refractivity contribution in [2.45, 2.75) is 129 Å². The highest BCUT2D eigenvalue weighted by Crippen LogP contribution is 2.12. The predicted octanol–water partition coefficient (Wildman–Crippen LogP) is 5.93. The zero-order valence-electron chi connectivity index (χ0n) is 19.9. The number of rotatable bonds is 22. The van der Waals surface area contributed by atoms with E-state index < -0.39 is 5.91 Å². The third-order valence-corrected chi connectivity index (χ3v) is 5.64. The van der Waals surface area contributed by atoms with Gasteiger partial charge in [0.15, 0.2) is 5.78 Å². The van der Waals surface area contributed by atoms with Crippen LogP contribution in [0.3, 0.4) is 0 Å². The predicted molar refractivity (Wildman–Crippen MR) is 125 cm³/mol. The van der Waals surface area contributed by atoms with Crippen LogP contribution in [0.2, 0.25) is 0 Å². The zero-order chi connectivity index (χ0) is 22.5. The van der Waals surface area contributed by atoms with Gasteiger partial charge in [-0.25, -0.2) is 0 Å². The molecule has 0 saturated carbocycles. The number of Topliss-reactive ketones (excluding diaryl/α,β-unsaturated/α-hetero) is 1. The second-order valence-electron chi connectivity index (χ2n) is 8.69. The number of carbonyl (C=O) groups is 3. The summed E-state index contributed by atoms with van der Waals surface area (Å²) in [5.41, 5.74) is 5.07. The normalized spacial score (nSPS) is 10.9. The first-order valence-electron chi connectivity index (χ1n) is 12.6. The van der Waals surface area contributed by atoms with Crippen LogP contribution in [0.15, 0.2) is 0 Å². The molecule has 0 heterocycles. The highest BCUT2D eigenvalue weighted by molar-refractivity contribution is 6.05. The molecule has 0 radical (unpaired) electrons. The molecule has 0 aliphatic carbocycles. The number of carbonyl (C=O) groups excluding carboxylic acids is 3. The molecule has 0 aliphatic rings. The van der Waals surface area contributed by atoms with Crippen molar-refractivity contribution < 1.29 is 14.4 Å². The first-order chi connectivity index (χ1) is 14.5. The maximum Gasteiger partial charge on any atom is 0.230 e. The lowest BCUT2D eigenvalue weighted by atomic mass is 10.1. The number of hydrogen-bond acceptors (Lipinski definition) is 3. The van der Waals surface area contributed by atoms with Gasteiger partial charge in [-0.2, -0.15) is 0 Å². The summed E-state index contributed by atoms with van der Waals surface area (Å²) in [6.07, 6.45) is 19.1. The SMILES string of the molecule is CCCCCCCCCCN(CCCCCCCCCC)C(=O)CC(=O)CC(N)=O. The first kappa shape index (κ1) is 28.6. The third-order valence-electron chi connectivity index (χ3n) is 5.64. The van der Waals surface area contributed by atoms with E-state index in [-0.39, 0.29) is 24.5 Å². The minimum atomic E-state index is -0.662. The van der Waals surface area contributed by atoms with Crippen LogP contribution in [0.25, 0.3) is 0 Å². The van der Waals surface area contributed by atoms with Gasteiger partial charge in [0.25, 0.3) is 0 Å². The highest BCUT2D eigenvalue weighted by Gasteiger charge is 2.18. The number of hydrogen-bond donors (Lipinski definition) is 1. The Kier molecular flexibility index (Phi) is 19.9. The van der Waals surface area contributed by atoms with Gasteiger partial charge in [0.05, 0.1) is 12.8 Å². The van der Waals surface area contributed by atoms with Crippen molar-refractivity contribution in [1.82, 2.24) is 4.90 Å². The summed E-state index contributed by atoms with van der Waals surface area (Å²) in [6.45, 7) is 5.89. The van der Waals surface area contributed by atoms with E-state index in [0.29, 0.717) is 13.1 Å². The van der Waals surface area contributed by atoms with Crippen molar-refractivity contribution in [3.8, 4) is 0 Å². The maximum absolute atomic E-state index is 12.6. The van der Waals surface area contributed by atoms with Crippen LogP contribution in [-0.2, 0) is 14.4 Å². The number of nitrogens with zero attached hydrogens (tertiary/aromatic N) is 1. The molecule has 0 saturated heterocycles. The molecule has 0 aromatic heterocycles. The Bertz CT molecular complexity index is 432. The van der Waals surface area contributed by atoms with Crippen molar-refractivity contribution in [3.05, 3.63) is 0 Å². The van der Waals surface area contributed by atoms with Gasteiger partial charge in [0.1, 0.15) is 0 Å². The van der Waals surface area contributed by atoms with Crippen LogP contribution in [0, 0.1) is 0 Å². The van der Waals surface area contributed by atoms with E-state index in [1.165, 1.54) is 77.0 Å². The van der Waals surface area contributed by atoms with Gasteiger partial charge in [0.2, 0.25) is 11.8 Å². The number of primary amides is 1. The molecule has 0 unspecified atom stereocenters. The van der Waals surface area contributed by atoms with Gasteiger partial charge in [-0.15, -0.1) is 0 Å². The van der Waals surface area contributed by atoms with Gasteiger partial charge >= 0.3 is 0 Å². The largest absolute Gasteiger partial charge is 0.369 e. The van der Waals surface area contributed by atoms with Crippen molar-refractivity contribution in [2.75, 3.05) is 13.1 Å². The summed E-state index contributed by atoms with van der Waals surface area (Å²) in [6, 6.07) is 0. The van der Waals surface area contributed by atoms with Crippen LogP contribution < -0.4 is 5.73 Å². The molecule has 0 rings (SSSR count). The second kappa shape index (κ2) is 20.9. The Balaban J connectivity index is 4.19. The Hall–Kier alpha value is -1.39. The van der Waals surface area contributed by atoms with E-state index in [1.807, 2.05) is 4.90 Å². The summed E-state index contributed by atoms with van der Waals surface area (Å²) in [5.74, 6) is -1.18. The Morgan fingerprint density at radius 1 is 0.567 bits per heavy atom. The van der Waals surface area contributed by atoms with Crippen molar-refractivity contribution >= 4 is 17.6 Å². The number of amides is 2. The molecule has 0 fully saturated rings. The summed E-state index contributed by atoms with van der Waals surface area (Å²) >= 11 is 0. The molecule has 0 bridgehead atoms. The molecule has 0 atom stereocenters. The first-order valence-corrected chi connectivity index (χ1v) is 12.6. The van der Waals surface area contributed by atoms with Gasteiger partial charge in [-0.05, 0) is 12.8 Å². The summed E-state index contributed by atoms with van der Waals surface area (Å²) in [7, 11) is 0. The van der Waals surface area contributed by atoms with E-state index in [1.54, 1.807) is 0 Å². The number of unbranched alkanes of at least 4 members (excludes halogenated alkanes) is 14. The van der Waals surface area contributed by atoms with Crippen molar-refractivity contribution in [3.63, 3.8) is 0 Å². The molecule has 2 amide bonds. The van der Waals surface area contributed by atoms with Crippen LogP contribution in [0.5, 0.6) is 0 Å². The lowest BCUT2D eigenvalue weighted by Crippen LogP contribution is -2.35. The zero-order valence-corrected chi connectivity index (χ0v) is 19.9. The maximum atomic E-state index is 12.6. The molecule has 0 aromatic rings. The molecular weight excluding hydrogens is 376 g/mol. The smallest absolute Gasteiger partial charge is 0.230 e. The lowest BCUT2D eigenvalue weighted by Gasteiger charge is -2.22. The van der Waals surface area contributed by atoms with E-state index in [0.717, 1.165) is 25.7 Å². The summed E-state index contributed by atoms with van der Waals surface area (Å²) in [4.78, 5) is 37.1. The molecule has 5 nitrogen and oxygen atoms in total. The van der Waals surface area contributed by atoms with Gasteiger partial charge < -0.3 is 10.6 Å². The van der Waals surface area contributed by atoms with Crippen molar-refractivity contribution in [1.29, 1.82) is 0 Å².